The summed E-state index contributed by atoms with van der Waals surface area (Å²) < 4.78 is 23.7. The van der Waals surface area contributed by atoms with E-state index in [4.69, 9.17) is 9.47 Å². The fourth-order valence-electron chi connectivity index (χ4n) is 2.62. The summed E-state index contributed by atoms with van der Waals surface area (Å²) in [6.07, 6.45) is 0.130. The van der Waals surface area contributed by atoms with Gasteiger partial charge in [0.25, 0.3) is 0 Å². The lowest BCUT2D eigenvalue weighted by molar-refractivity contribution is -0.120. The predicted molar refractivity (Wildman–Crippen MR) is 112 cm³/mol. The minimum atomic E-state index is -0.351. The molecule has 8 heteroatoms. The van der Waals surface area contributed by atoms with Crippen molar-refractivity contribution in [1.82, 2.24) is 10.6 Å². The van der Waals surface area contributed by atoms with Crippen LogP contribution in [0.1, 0.15) is 12.5 Å². The van der Waals surface area contributed by atoms with Gasteiger partial charge in [0.2, 0.25) is 5.91 Å². The summed E-state index contributed by atoms with van der Waals surface area (Å²) in [6.45, 7) is 3.41. The number of benzene rings is 2. The topological polar surface area (TPSA) is 84.0 Å². The van der Waals surface area contributed by atoms with Gasteiger partial charge in [-0.3, -0.25) is 9.79 Å². The van der Waals surface area contributed by atoms with E-state index < -0.39 is 0 Å². The fourth-order valence-corrected chi connectivity index (χ4v) is 2.62. The lowest BCUT2D eigenvalue weighted by Crippen LogP contribution is -2.32. The third-order valence-corrected chi connectivity index (χ3v) is 3.95. The highest BCUT2D eigenvalue weighted by Gasteiger charge is 2.07. The number of carbonyl (C=O) groups excluding carboxylic acids is 1. The van der Waals surface area contributed by atoms with E-state index in [0.29, 0.717) is 42.7 Å². The van der Waals surface area contributed by atoms with Gasteiger partial charge in [0.15, 0.2) is 17.5 Å². The summed E-state index contributed by atoms with van der Waals surface area (Å²) >= 11 is 0. The second-order valence-electron chi connectivity index (χ2n) is 6.11. The molecular formula is C21H27FN4O3. The number of ether oxygens (including phenoxy) is 2. The Hall–Kier alpha value is -3.29. The van der Waals surface area contributed by atoms with Crippen molar-refractivity contribution in [3.63, 3.8) is 0 Å². The van der Waals surface area contributed by atoms with Crippen LogP contribution < -0.4 is 25.4 Å². The Labute approximate surface area is 170 Å². The van der Waals surface area contributed by atoms with Crippen molar-refractivity contribution in [3.05, 3.63) is 53.8 Å². The summed E-state index contributed by atoms with van der Waals surface area (Å²) in [7, 11) is 3.16. The van der Waals surface area contributed by atoms with Crippen LogP contribution in [0.2, 0.25) is 0 Å². The zero-order chi connectivity index (χ0) is 21.1. The van der Waals surface area contributed by atoms with Crippen molar-refractivity contribution < 1.29 is 18.7 Å². The van der Waals surface area contributed by atoms with Gasteiger partial charge in [-0.05, 0) is 36.8 Å². The first-order valence-electron chi connectivity index (χ1n) is 9.34. The summed E-state index contributed by atoms with van der Waals surface area (Å²) in [6, 6.07) is 11.5. The van der Waals surface area contributed by atoms with Crippen LogP contribution in [0.15, 0.2) is 47.5 Å². The molecule has 7 nitrogen and oxygen atoms in total. The third kappa shape index (κ3) is 7.33. The zero-order valence-corrected chi connectivity index (χ0v) is 16.9. The van der Waals surface area contributed by atoms with E-state index in [1.54, 1.807) is 32.4 Å². The number of rotatable bonds is 9. The first-order chi connectivity index (χ1) is 14.0. The summed E-state index contributed by atoms with van der Waals surface area (Å²) in [4.78, 5) is 16.4. The maximum absolute atomic E-state index is 13.2. The first kappa shape index (κ1) is 22.0. The van der Waals surface area contributed by atoms with E-state index in [1.165, 1.54) is 12.1 Å². The van der Waals surface area contributed by atoms with Crippen LogP contribution >= 0.6 is 0 Å². The van der Waals surface area contributed by atoms with Crippen molar-refractivity contribution >= 4 is 17.6 Å². The second-order valence-corrected chi connectivity index (χ2v) is 6.11. The molecule has 29 heavy (non-hydrogen) atoms. The van der Waals surface area contributed by atoms with Gasteiger partial charge in [-0.15, -0.1) is 0 Å². The largest absolute Gasteiger partial charge is 0.493 e. The van der Waals surface area contributed by atoms with Gasteiger partial charge in [0, 0.05) is 24.8 Å². The van der Waals surface area contributed by atoms with Crippen LogP contribution in [-0.4, -0.2) is 45.7 Å². The molecule has 0 unspecified atom stereocenters. The van der Waals surface area contributed by atoms with Gasteiger partial charge in [-0.1, -0.05) is 12.1 Å². The van der Waals surface area contributed by atoms with Crippen LogP contribution in [0.4, 0.5) is 10.1 Å². The van der Waals surface area contributed by atoms with E-state index in [1.807, 2.05) is 19.1 Å². The molecule has 3 N–H and O–H groups in total. The fraction of sp³-hybridized carbons (Fsp3) is 0.333. The monoisotopic (exact) mass is 402 g/mol. The van der Waals surface area contributed by atoms with Crippen molar-refractivity contribution in [2.45, 2.75) is 13.3 Å². The molecule has 2 aromatic rings. The number of hydrogen-bond donors (Lipinski definition) is 3. The Morgan fingerprint density at radius 3 is 2.55 bits per heavy atom. The Balaban J connectivity index is 1.87. The highest BCUT2D eigenvalue weighted by atomic mass is 19.1. The van der Waals surface area contributed by atoms with Gasteiger partial charge >= 0.3 is 0 Å². The smallest absolute Gasteiger partial charge is 0.224 e. The van der Waals surface area contributed by atoms with Gasteiger partial charge in [0.05, 0.1) is 27.2 Å². The van der Waals surface area contributed by atoms with Gasteiger partial charge in [-0.2, -0.15) is 0 Å². The number of methoxy groups -OCH3 is 2. The summed E-state index contributed by atoms with van der Waals surface area (Å²) in [5, 5.41) is 9.12. The van der Waals surface area contributed by atoms with Crippen molar-refractivity contribution in [3.8, 4) is 11.5 Å². The van der Waals surface area contributed by atoms with Crippen LogP contribution in [-0.2, 0) is 11.2 Å². The Bertz CT molecular complexity index is 842. The maximum Gasteiger partial charge on any atom is 0.224 e. The van der Waals surface area contributed by atoms with E-state index in [9.17, 15) is 9.18 Å². The molecule has 156 valence electrons. The predicted octanol–water partition coefficient (Wildman–Crippen LogP) is 2.58. The lowest BCUT2D eigenvalue weighted by atomic mass is 10.1. The van der Waals surface area contributed by atoms with Gasteiger partial charge < -0.3 is 25.4 Å². The number of nitrogens with zero attached hydrogens (tertiary/aromatic N) is 1. The average Bonchev–Trinajstić information content (AvgIpc) is 2.71. The minimum Gasteiger partial charge on any atom is -0.493 e. The Morgan fingerprint density at radius 2 is 1.86 bits per heavy atom. The molecule has 0 atom stereocenters. The number of guanidine groups is 1. The van der Waals surface area contributed by atoms with Crippen LogP contribution in [0.3, 0.4) is 0 Å². The number of carbonyl (C=O) groups is 1. The highest BCUT2D eigenvalue weighted by Crippen LogP contribution is 2.29. The molecule has 0 fully saturated rings. The normalized spacial score (nSPS) is 11.0. The molecule has 0 saturated heterocycles. The van der Waals surface area contributed by atoms with E-state index in [0.717, 1.165) is 5.69 Å². The number of nitrogens with one attached hydrogen (secondary N) is 3. The van der Waals surface area contributed by atoms with Gasteiger partial charge in [-0.25, -0.2) is 4.39 Å². The molecule has 1 amide bonds. The van der Waals surface area contributed by atoms with E-state index in [2.05, 4.69) is 20.9 Å². The molecule has 0 heterocycles. The molecular weight excluding hydrogens is 375 g/mol. The average molecular weight is 402 g/mol. The standard InChI is InChI=1S/C21H27FN4O3/c1-4-23-21(26-17-8-9-18(28-2)19(14-17)29-3)25-11-10-24-20(27)13-15-6-5-7-16(22)12-15/h5-9,12,14H,4,10-11,13H2,1-3H3,(H,24,27)(H2,23,25,26). The van der Waals surface area contributed by atoms with E-state index in [-0.39, 0.29) is 18.1 Å². The Morgan fingerprint density at radius 1 is 1.07 bits per heavy atom. The molecule has 0 aromatic heterocycles. The molecule has 0 spiro atoms. The highest BCUT2D eigenvalue weighted by molar-refractivity contribution is 5.94. The van der Waals surface area contributed by atoms with Crippen LogP contribution in [0, 0.1) is 5.82 Å². The van der Waals surface area contributed by atoms with Crippen molar-refractivity contribution in [1.29, 1.82) is 0 Å². The summed E-state index contributed by atoms with van der Waals surface area (Å²) in [5.41, 5.74) is 1.42. The molecule has 2 aromatic carbocycles. The summed E-state index contributed by atoms with van der Waals surface area (Å²) in [5.74, 6) is 1.30. The van der Waals surface area contributed by atoms with E-state index >= 15 is 0 Å². The molecule has 0 aliphatic heterocycles. The first-order valence-corrected chi connectivity index (χ1v) is 9.34. The molecule has 0 aliphatic rings. The SMILES string of the molecule is CCNC(=NCCNC(=O)Cc1cccc(F)c1)Nc1ccc(OC)c(OC)c1. The van der Waals surface area contributed by atoms with Crippen molar-refractivity contribution in [2.24, 2.45) is 4.99 Å². The molecule has 0 aliphatic carbocycles. The lowest BCUT2D eigenvalue weighted by Gasteiger charge is -2.14. The maximum atomic E-state index is 13.2. The second kappa shape index (κ2) is 11.5. The Kier molecular flexibility index (Phi) is 8.75. The molecule has 0 saturated carbocycles. The van der Waals surface area contributed by atoms with Crippen LogP contribution in [0.25, 0.3) is 0 Å². The zero-order valence-electron chi connectivity index (χ0n) is 16.9. The number of amides is 1. The third-order valence-electron chi connectivity index (χ3n) is 3.95. The quantitative estimate of drug-likeness (QED) is 0.341. The number of aliphatic imine (C=N–C) groups is 1. The minimum absolute atomic E-state index is 0.130. The molecule has 2 rings (SSSR count). The number of anilines is 1. The van der Waals surface area contributed by atoms with Crippen molar-refractivity contribution in [2.75, 3.05) is 39.2 Å². The molecule has 0 bridgehead atoms. The number of halogens is 1. The number of hydrogen-bond acceptors (Lipinski definition) is 4. The van der Waals surface area contributed by atoms with Gasteiger partial charge in [0.1, 0.15) is 5.82 Å². The molecule has 0 radical (unpaired) electrons. The van der Waals surface area contributed by atoms with Crippen LogP contribution in [0.5, 0.6) is 11.5 Å².